The van der Waals surface area contributed by atoms with Gasteiger partial charge >= 0.3 is 0 Å². The molecular formula is C20H24N6OS. The van der Waals surface area contributed by atoms with Crippen molar-refractivity contribution in [2.45, 2.75) is 38.6 Å². The van der Waals surface area contributed by atoms with E-state index in [9.17, 15) is 4.79 Å². The molecule has 1 aliphatic carbocycles. The number of anilines is 2. The van der Waals surface area contributed by atoms with E-state index in [4.69, 9.17) is 0 Å². The third-order valence-corrected chi connectivity index (χ3v) is 6.82. The first-order chi connectivity index (χ1) is 13.7. The SMILES string of the molecule is Cc1nnc(N2CCN(c3ccc4c(=O)n(C5CCCC5)cnc4c3)CC2)s1. The Balaban J connectivity index is 1.35. The molecule has 7 nitrogen and oxygen atoms in total. The average Bonchev–Trinajstić information content (AvgIpc) is 3.40. The molecule has 0 radical (unpaired) electrons. The van der Waals surface area contributed by atoms with Gasteiger partial charge in [-0.2, -0.15) is 0 Å². The minimum absolute atomic E-state index is 0.0971. The fourth-order valence-corrected chi connectivity index (χ4v) is 5.07. The van der Waals surface area contributed by atoms with Crippen LogP contribution in [0.5, 0.6) is 0 Å². The second kappa shape index (κ2) is 7.16. The van der Waals surface area contributed by atoms with Gasteiger partial charge in [0.1, 0.15) is 5.01 Å². The minimum Gasteiger partial charge on any atom is -0.368 e. The van der Waals surface area contributed by atoms with Gasteiger partial charge in [-0.15, -0.1) is 10.2 Å². The summed E-state index contributed by atoms with van der Waals surface area (Å²) in [5.74, 6) is 0. The maximum absolute atomic E-state index is 12.9. The van der Waals surface area contributed by atoms with E-state index >= 15 is 0 Å². The van der Waals surface area contributed by atoms with Gasteiger partial charge in [-0.3, -0.25) is 9.36 Å². The molecule has 1 saturated heterocycles. The highest BCUT2D eigenvalue weighted by molar-refractivity contribution is 7.15. The van der Waals surface area contributed by atoms with Crippen LogP contribution in [0.15, 0.2) is 29.3 Å². The first kappa shape index (κ1) is 17.6. The molecule has 3 heterocycles. The van der Waals surface area contributed by atoms with E-state index in [2.05, 4.69) is 37.1 Å². The Kier molecular flexibility index (Phi) is 4.50. The van der Waals surface area contributed by atoms with Crippen LogP contribution in [0.4, 0.5) is 10.8 Å². The van der Waals surface area contributed by atoms with Crippen molar-refractivity contribution in [1.82, 2.24) is 19.7 Å². The molecule has 2 aliphatic rings. The van der Waals surface area contributed by atoms with Crippen molar-refractivity contribution in [3.8, 4) is 0 Å². The third-order valence-electron chi connectivity index (χ3n) is 5.92. The largest absolute Gasteiger partial charge is 0.368 e. The molecule has 146 valence electrons. The summed E-state index contributed by atoms with van der Waals surface area (Å²) in [5.41, 5.74) is 2.02. The number of benzene rings is 1. The van der Waals surface area contributed by atoms with Crippen LogP contribution in [0.2, 0.25) is 0 Å². The van der Waals surface area contributed by atoms with Crippen LogP contribution < -0.4 is 15.4 Å². The highest BCUT2D eigenvalue weighted by Gasteiger charge is 2.22. The van der Waals surface area contributed by atoms with Crippen molar-refractivity contribution in [2.75, 3.05) is 36.0 Å². The van der Waals surface area contributed by atoms with Crippen LogP contribution in [0, 0.1) is 6.92 Å². The summed E-state index contributed by atoms with van der Waals surface area (Å²) in [6, 6.07) is 6.39. The van der Waals surface area contributed by atoms with E-state index in [-0.39, 0.29) is 5.56 Å². The summed E-state index contributed by atoms with van der Waals surface area (Å²) in [7, 11) is 0. The predicted octanol–water partition coefficient (Wildman–Crippen LogP) is 3.00. The molecule has 1 saturated carbocycles. The maximum Gasteiger partial charge on any atom is 0.261 e. The van der Waals surface area contributed by atoms with Crippen molar-refractivity contribution < 1.29 is 0 Å². The molecule has 1 aromatic carbocycles. The number of hydrogen-bond donors (Lipinski definition) is 0. The first-order valence-electron chi connectivity index (χ1n) is 10.00. The lowest BCUT2D eigenvalue weighted by Gasteiger charge is -2.35. The predicted molar refractivity (Wildman–Crippen MR) is 113 cm³/mol. The third kappa shape index (κ3) is 3.15. The highest BCUT2D eigenvalue weighted by Crippen LogP contribution is 2.29. The van der Waals surface area contributed by atoms with Crippen molar-refractivity contribution in [1.29, 1.82) is 0 Å². The normalized spacial score (nSPS) is 18.3. The van der Waals surface area contributed by atoms with Gasteiger partial charge in [0.15, 0.2) is 0 Å². The van der Waals surface area contributed by atoms with Crippen LogP contribution in [0.25, 0.3) is 10.9 Å². The van der Waals surface area contributed by atoms with Crippen LogP contribution >= 0.6 is 11.3 Å². The van der Waals surface area contributed by atoms with Gasteiger partial charge in [0.2, 0.25) is 5.13 Å². The second-order valence-electron chi connectivity index (χ2n) is 7.67. The quantitative estimate of drug-likeness (QED) is 0.678. The standard InChI is InChI=1S/C20H24N6OS/c1-14-22-23-20(28-14)25-10-8-24(9-11-25)16-6-7-17-18(12-16)21-13-26(19(17)27)15-4-2-3-5-15/h6-7,12-13,15H,2-5,8-11H2,1H3. The molecule has 3 aromatic rings. The van der Waals surface area contributed by atoms with Gasteiger partial charge in [0.05, 0.1) is 17.2 Å². The molecule has 2 aromatic heterocycles. The minimum atomic E-state index is 0.0971. The van der Waals surface area contributed by atoms with Crippen LogP contribution in [-0.4, -0.2) is 45.9 Å². The lowest BCUT2D eigenvalue weighted by Crippen LogP contribution is -2.46. The van der Waals surface area contributed by atoms with Crippen LogP contribution in [0.3, 0.4) is 0 Å². The zero-order chi connectivity index (χ0) is 19.1. The molecule has 0 N–H and O–H groups in total. The molecule has 0 bridgehead atoms. The molecule has 8 heteroatoms. The molecule has 1 aliphatic heterocycles. The molecule has 2 fully saturated rings. The number of fused-ring (bicyclic) bond motifs is 1. The molecule has 0 atom stereocenters. The lowest BCUT2D eigenvalue weighted by atomic mass is 10.1. The Bertz CT molecular complexity index is 1050. The second-order valence-corrected chi connectivity index (χ2v) is 8.83. The topological polar surface area (TPSA) is 67.2 Å². The number of nitrogens with zero attached hydrogens (tertiary/aromatic N) is 6. The zero-order valence-corrected chi connectivity index (χ0v) is 16.9. The van der Waals surface area contributed by atoms with Gasteiger partial charge in [-0.1, -0.05) is 24.2 Å². The highest BCUT2D eigenvalue weighted by atomic mass is 32.1. The summed E-state index contributed by atoms with van der Waals surface area (Å²) in [6.45, 7) is 5.67. The van der Waals surface area contributed by atoms with Gasteiger partial charge in [0.25, 0.3) is 5.56 Å². The molecule has 5 rings (SSSR count). The lowest BCUT2D eigenvalue weighted by molar-refractivity contribution is 0.499. The molecule has 0 unspecified atom stereocenters. The van der Waals surface area contributed by atoms with Gasteiger partial charge < -0.3 is 9.80 Å². The Hall–Kier alpha value is -2.48. The maximum atomic E-state index is 12.9. The van der Waals surface area contributed by atoms with Gasteiger partial charge in [-0.05, 0) is 38.0 Å². The summed E-state index contributed by atoms with van der Waals surface area (Å²) in [5, 5.41) is 11.1. The van der Waals surface area contributed by atoms with Crippen molar-refractivity contribution in [3.63, 3.8) is 0 Å². The van der Waals surface area contributed by atoms with E-state index < -0.39 is 0 Å². The average molecular weight is 397 g/mol. The summed E-state index contributed by atoms with van der Waals surface area (Å²) in [4.78, 5) is 22.2. The van der Waals surface area contributed by atoms with Gasteiger partial charge in [-0.25, -0.2) is 4.98 Å². The smallest absolute Gasteiger partial charge is 0.261 e. The molecule has 28 heavy (non-hydrogen) atoms. The monoisotopic (exact) mass is 396 g/mol. The fourth-order valence-electron chi connectivity index (χ4n) is 4.33. The van der Waals surface area contributed by atoms with Gasteiger partial charge in [0, 0.05) is 37.9 Å². The van der Waals surface area contributed by atoms with Crippen molar-refractivity contribution >= 4 is 33.1 Å². The number of hydrogen-bond acceptors (Lipinski definition) is 7. The Morgan fingerprint density at radius 2 is 1.79 bits per heavy atom. The van der Waals surface area contributed by atoms with E-state index in [1.165, 1.54) is 12.8 Å². The van der Waals surface area contributed by atoms with Crippen LogP contribution in [0.1, 0.15) is 36.7 Å². The van der Waals surface area contributed by atoms with E-state index in [1.807, 2.05) is 17.6 Å². The number of rotatable bonds is 3. The van der Waals surface area contributed by atoms with Crippen LogP contribution in [-0.2, 0) is 0 Å². The number of piperazine rings is 1. The molecular weight excluding hydrogens is 372 g/mol. The van der Waals surface area contributed by atoms with E-state index in [0.717, 1.165) is 65.8 Å². The van der Waals surface area contributed by atoms with Crippen molar-refractivity contribution in [3.05, 3.63) is 39.9 Å². The fraction of sp³-hybridized carbons (Fsp3) is 0.500. The first-order valence-corrected chi connectivity index (χ1v) is 10.8. The Morgan fingerprint density at radius 1 is 1.04 bits per heavy atom. The summed E-state index contributed by atoms with van der Waals surface area (Å²) < 4.78 is 1.85. The zero-order valence-electron chi connectivity index (χ0n) is 16.0. The Morgan fingerprint density at radius 3 is 2.50 bits per heavy atom. The number of aryl methyl sites for hydroxylation is 1. The van der Waals surface area contributed by atoms with Crippen molar-refractivity contribution in [2.24, 2.45) is 0 Å². The molecule has 0 spiro atoms. The Labute approximate surface area is 167 Å². The summed E-state index contributed by atoms with van der Waals surface area (Å²) >= 11 is 1.64. The number of aromatic nitrogens is 4. The van der Waals surface area contributed by atoms with E-state index in [0.29, 0.717) is 6.04 Å². The molecule has 0 amide bonds. The van der Waals surface area contributed by atoms with E-state index in [1.54, 1.807) is 17.7 Å². The summed E-state index contributed by atoms with van der Waals surface area (Å²) in [6.07, 6.45) is 6.33.